The predicted molar refractivity (Wildman–Crippen MR) is 66.4 cm³/mol. The fourth-order valence-electron chi connectivity index (χ4n) is 1.91. The van der Waals surface area contributed by atoms with Gasteiger partial charge < -0.3 is 0 Å². The SMILES string of the molecule is O=c1c2c(nc3nccn13)N=C(c1ccccn1)N=2. The standard InChI is InChI=1S/C12H6N6O/c19-11-8-10(17-12-14-5-6-18(11)12)16-9(15-8)7-3-1-2-4-13-7/h1-6H. The molecule has 0 bridgehead atoms. The largest absolute Gasteiger partial charge is 0.287 e. The monoisotopic (exact) mass is 250 g/mol. The molecule has 0 radical (unpaired) electrons. The van der Waals surface area contributed by atoms with E-state index in [1.807, 2.05) is 6.07 Å². The molecular weight excluding hydrogens is 244 g/mol. The van der Waals surface area contributed by atoms with Gasteiger partial charge in [-0.3, -0.25) is 9.78 Å². The first kappa shape index (κ1) is 10.0. The zero-order valence-electron chi connectivity index (χ0n) is 9.56. The molecule has 0 fully saturated rings. The molecule has 7 nitrogen and oxygen atoms in total. The second-order valence-corrected chi connectivity index (χ2v) is 3.95. The van der Waals surface area contributed by atoms with Gasteiger partial charge in [0.1, 0.15) is 5.69 Å². The van der Waals surface area contributed by atoms with Crippen molar-refractivity contribution in [2.75, 3.05) is 0 Å². The number of amidine groups is 1. The van der Waals surface area contributed by atoms with Crippen molar-refractivity contribution in [1.82, 2.24) is 19.4 Å². The summed E-state index contributed by atoms with van der Waals surface area (Å²) in [5, 5.41) is 0.228. The van der Waals surface area contributed by atoms with Crippen LogP contribution in [-0.4, -0.2) is 25.2 Å². The lowest BCUT2D eigenvalue weighted by Gasteiger charge is -1.93. The first-order valence-corrected chi connectivity index (χ1v) is 5.59. The fraction of sp³-hybridized carbons (Fsp3) is 0. The molecule has 1 aliphatic heterocycles. The van der Waals surface area contributed by atoms with E-state index in [4.69, 9.17) is 0 Å². The molecule has 7 heteroatoms. The minimum Gasteiger partial charge on any atom is -0.266 e. The minimum atomic E-state index is -0.271. The molecule has 0 spiro atoms. The van der Waals surface area contributed by atoms with Crippen molar-refractivity contribution in [1.29, 1.82) is 0 Å². The van der Waals surface area contributed by atoms with Crippen molar-refractivity contribution >= 4 is 17.4 Å². The Balaban J connectivity index is 2.00. The summed E-state index contributed by atoms with van der Waals surface area (Å²) in [4.78, 5) is 32.9. The first-order chi connectivity index (χ1) is 9.33. The molecule has 3 aromatic rings. The molecule has 4 heterocycles. The van der Waals surface area contributed by atoms with E-state index < -0.39 is 0 Å². The lowest BCUT2D eigenvalue weighted by Crippen LogP contribution is -2.30. The summed E-state index contributed by atoms with van der Waals surface area (Å²) in [6.07, 6.45) is 4.72. The number of imidazole rings is 1. The van der Waals surface area contributed by atoms with E-state index in [9.17, 15) is 4.79 Å². The van der Waals surface area contributed by atoms with Crippen LogP contribution in [0.2, 0.25) is 0 Å². The molecule has 0 N–H and O–H groups in total. The third kappa shape index (κ3) is 1.38. The molecule has 0 aromatic carbocycles. The number of aromatic nitrogens is 4. The van der Waals surface area contributed by atoms with E-state index in [-0.39, 0.29) is 10.9 Å². The maximum absolute atomic E-state index is 12.2. The zero-order valence-corrected chi connectivity index (χ0v) is 9.56. The van der Waals surface area contributed by atoms with Crippen LogP contribution in [0.5, 0.6) is 0 Å². The van der Waals surface area contributed by atoms with Crippen LogP contribution in [0, 0.1) is 0 Å². The summed E-state index contributed by atoms with van der Waals surface area (Å²) in [5.74, 6) is 1.02. The number of fused-ring (bicyclic) bond motifs is 2. The average Bonchev–Trinajstić information content (AvgIpc) is 3.06. The summed E-state index contributed by atoms with van der Waals surface area (Å²) in [6, 6.07) is 5.42. The van der Waals surface area contributed by atoms with Crippen molar-refractivity contribution < 1.29 is 0 Å². The van der Waals surface area contributed by atoms with Crippen molar-refractivity contribution in [3.05, 3.63) is 58.2 Å². The topological polar surface area (TPSA) is 84.9 Å². The summed E-state index contributed by atoms with van der Waals surface area (Å²) < 4.78 is 1.35. The van der Waals surface area contributed by atoms with E-state index in [2.05, 4.69) is 24.9 Å². The summed E-state index contributed by atoms with van der Waals surface area (Å²) >= 11 is 0. The van der Waals surface area contributed by atoms with Crippen molar-refractivity contribution in [2.45, 2.75) is 0 Å². The van der Waals surface area contributed by atoms with Crippen LogP contribution in [0.4, 0.5) is 5.82 Å². The Bertz CT molecular complexity index is 928. The summed E-state index contributed by atoms with van der Waals surface area (Å²) in [5.41, 5.74) is 0.338. The number of rotatable bonds is 1. The van der Waals surface area contributed by atoms with Gasteiger partial charge in [-0.25, -0.2) is 19.4 Å². The van der Waals surface area contributed by atoms with Gasteiger partial charge >= 0.3 is 0 Å². The molecular formula is C12H6N6O. The van der Waals surface area contributed by atoms with Gasteiger partial charge in [0.15, 0.2) is 17.0 Å². The normalized spacial score (nSPS) is 13.2. The van der Waals surface area contributed by atoms with Crippen molar-refractivity contribution in [2.24, 2.45) is 9.98 Å². The Morgan fingerprint density at radius 1 is 1.05 bits per heavy atom. The smallest absolute Gasteiger partial charge is 0.266 e. The maximum Gasteiger partial charge on any atom is 0.287 e. The van der Waals surface area contributed by atoms with Gasteiger partial charge in [-0.15, -0.1) is 0 Å². The van der Waals surface area contributed by atoms with Gasteiger partial charge in [0.2, 0.25) is 5.78 Å². The molecule has 4 rings (SSSR count). The van der Waals surface area contributed by atoms with Gasteiger partial charge in [0, 0.05) is 18.6 Å². The van der Waals surface area contributed by atoms with Crippen LogP contribution in [0.1, 0.15) is 5.69 Å². The Morgan fingerprint density at radius 2 is 2.00 bits per heavy atom. The second kappa shape index (κ2) is 3.52. The van der Waals surface area contributed by atoms with E-state index in [0.29, 0.717) is 23.1 Å². The molecule has 0 unspecified atom stereocenters. The highest BCUT2D eigenvalue weighted by atomic mass is 16.1. The maximum atomic E-state index is 12.2. The lowest BCUT2D eigenvalue weighted by molar-refractivity contribution is 1.02. The highest BCUT2D eigenvalue weighted by Crippen LogP contribution is 2.10. The molecule has 0 saturated carbocycles. The highest BCUT2D eigenvalue weighted by Gasteiger charge is 2.17. The number of aliphatic imine (C=N–C) groups is 1. The van der Waals surface area contributed by atoms with Gasteiger partial charge in [-0.1, -0.05) is 6.07 Å². The number of pyridine rings is 1. The van der Waals surface area contributed by atoms with Crippen molar-refractivity contribution in [3.63, 3.8) is 0 Å². The van der Waals surface area contributed by atoms with Crippen LogP contribution in [0.15, 0.2) is 51.6 Å². The van der Waals surface area contributed by atoms with Gasteiger partial charge in [0.05, 0.1) is 0 Å². The van der Waals surface area contributed by atoms with Gasteiger partial charge in [-0.05, 0) is 12.1 Å². The molecule has 90 valence electrons. The summed E-state index contributed by atoms with van der Waals surface area (Å²) in [7, 11) is 0. The van der Waals surface area contributed by atoms with Crippen LogP contribution in [0.25, 0.3) is 5.78 Å². The minimum absolute atomic E-state index is 0.228. The van der Waals surface area contributed by atoms with Crippen LogP contribution < -0.4 is 10.9 Å². The average molecular weight is 250 g/mol. The van der Waals surface area contributed by atoms with E-state index >= 15 is 0 Å². The third-order valence-corrected chi connectivity index (χ3v) is 2.78. The predicted octanol–water partition coefficient (Wildman–Crippen LogP) is -0.0851. The Labute approximate surface area is 106 Å². The van der Waals surface area contributed by atoms with E-state index in [1.165, 1.54) is 10.6 Å². The number of hydrogen-bond donors (Lipinski definition) is 0. The second-order valence-electron chi connectivity index (χ2n) is 3.95. The van der Waals surface area contributed by atoms with Gasteiger partial charge in [-0.2, -0.15) is 4.98 Å². The Morgan fingerprint density at radius 3 is 2.84 bits per heavy atom. The quantitative estimate of drug-likeness (QED) is 0.604. The molecule has 0 amide bonds. The van der Waals surface area contributed by atoms with Gasteiger partial charge in [0.25, 0.3) is 5.56 Å². The highest BCUT2D eigenvalue weighted by molar-refractivity contribution is 6.00. The molecule has 3 aromatic heterocycles. The number of nitrogens with zero attached hydrogens (tertiary/aromatic N) is 6. The number of hydrogen-bond acceptors (Lipinski definition) is 6. The molecule has 0 saturated heterocycles. The zero-order chi connectivity index (χ0) is 12.8. The van der Waals surface area contributed by atoms with Crippen LogP contribution in [0.3, 0.4) is 0 Å². The first-order valence-electron chi connectivity index (χ1n) is 5.59. The molecule has 0 aliphatic carbocycles. The molecule has 19 heavy (non-hydrogen) atoms. The Kier molecular flexibility index (Phi) is 1.85. The van der Waals surface area contributed by atoms with Crippen LogP contribution in [-0.2, 0) is 0 Å². The van der Waals surface area contributed by atoms with Crippen molar-refractivity contribution in [3.8, 4) is 0 Å². The van der Waals surface area contributed by atoms with Crippen LogP contribution >= 0.6 is 0 Å². The fourth-order valence-corrected chi connectivity index (χ4v) is 1.91. The third-order valence-electron chi connectivity index (χ3n) is 2.78. The molecule has 0 atom stereocenters. The molecule has 1 aliphatic rings. The van der Waals surface area contributed by atoms with E-state index in [1.54, 1.807) is 24.5 Å². The lowest BCUT2D eigenvalue weighted by atomic mass is 10.3. The van der Waals surface area contributed by atoms with E-state index in [0.717, 1.165) is 0 Å². The summed E-state index contributed by atoms with van der Waals surface area (Å²) in [6.45, 7) is 0. The Hall–Kier alpha value is -2.96.